The number of nitriles is 1. The molecule has 254 valence electrons. The van der Waals surface area contributed by atoms with Crippen molar-refractivity contribution in [3.05, 3.63) is 86.6 Å². The smallest absolute Gasteiger partial charge is 0.381 e. The van der Waals surface area contributed by atoms with E-state index in [1.54, 1.807) is 37.5 Å². The summed E-state index contributed by atoms with van der Waals surface area (Å²) in [5.41, 5.74) is -2.22. The number of nitrogens with one attached hydrogen (secondary N) is 1. The lowest BCUT2D eigenvalue weighted by atomic mass is 9.98. The maximum atomic E-state index is 15.3. The van der Waals surface area contributed by atoms with E-state index in [1.807, 2.05) is 6.07 Å². The molecule has 0 aliphatic heterocycles. The summed E-state index contributed by atoms with van der Waals surface area (Å²) in [6, 6.07) is 10.8. The van der Waals surface area contributed by atoms with Gasteiger partial charge in [-0.3, -0.25) is 14.6 Å². The van der Waals surface area contributed by atoms with E-state index in [0.717, 1.165) is 30.6 Å². The zero-order valence-corrected chi connectivity index (χ0v) is 28.3. The van der Waals surface area contributed by atoms with E-state index in [9.17, 15) is 28.0 Å². The van der Waals surface area contributed by atoms with Crippen LogP contribution in [-0.4, -0.2) is 40.1 Å². The van der Waals surface area contributed by atoms with Crippen molar-refractivity contribution >= 4 is 24.5 Å². The summed E-state index contributed by atoms with van der Waals surface area (Å²) in [6.45, 7) is 8.24. The molecule has 0 saturated heterocycles. The quantitative estimate of drug-likeness (QED) is 0.0925. The molecule has 48 heavy (non-hydrogen) atoms. The van der Waals surface area contributed by atoms with Crippen LogP contribution in [0.25, 0.3) is 22.0 Å². The average molecular weight is 683 g/mol. The van der Waals surface area contributed by atoms with E-state index in [1.165, 1.54) is 10.6 Å². The number of benzene rings is 1. The highest BCUT2D eigenvalue weighted by molar-refractivity contribution is 6.76. The Morgan fingerprint density at radius 2 is 1.88 bits per heavy atom. The summed E-state index contributed by atoms with van der Waals surface area (Å²) < 4.78 is 64.7. The van der Waals surface area contributed by atoms with Gasteiger partial charge in [0.1, 0.15) is 18.1 Å². The van der Waals surface area contributed by atoms with Gasteiger partial charge >= 0.3 is 6.18 Å². The van der Waals surface area contributed by atoms with Crippen molar-refractivity contribution < 1.29 is 22.3 Å². The van der Waals surface area contributed by atoms with E-state index in [0.29, 0.717) is 40.8 Å². The second-order valence-corrected chi connectivity index (χ2v) is 19.3. The Hall–Kier alpha value is -4.35. The van der Waals surface area contributed by atoms with Gasteiger partial charge in [-0.05, 0) is 73.9 Å². The third-order valence-electron chi connectivity index (χ3n) is 8.58. The van der Waals surface area contributed by atoms with Crippen molar-refractivity contribution in [2.45, 2.75) is 89.2 Å². The normalized spacial score (nSPS) is 14.9. The Balaban J connectivity index is 1.23. The fourth-order valence-corrected chi connectivity index (χ4v) is 6.28. The fraction of sp³-hybridized carbons (Fsp3) is 0.441. The van der Waals surface area contributed by atoms with Gasteiger partial charge in [0, 0.05) is 45.2 Å². The van der Waals surface area contributed by atoms with Crippen LogP contribution in [0.2, 0.25) is 25.7 Å². The Kier molecular flexibility index (Phi) is 9.93. The molecule has 1 N–H and O–H groups in total. The molecule has 1 aliphatic carbocycles. The van der Waals surface area contributed by atoms with Crippen molar-refractivity contribution in [1.29, 1.82) is 5.26 Å². The predicted molar refractivity (Wildman–Crippen MR) is 178 cm³/mol. The highest BCUT2D eigenvalue weighted by Crippen LogP contribution is 2.47. The summed E-state index contributed by atoms with van der Waals surface area (Å²) in [5, 5.41) is 16.4. The van der Waals surface area contributed by atoms with Gasteiger partial charge in [0.15, 0.2) is 0 Å². The summed E-state index contributed by atoms with van der Waals surface area (Å²) >= 11 is 0. The molecule has 0 bridgehead atoms. The van der Waals surface area contributed by atoms with E-state index < -0.39 is 53.9 Å². The molecule has 1 aromatic carbocycles. The number of aromatic nitrogens is 4. The van der Waals surface area contributed by atoms with Gasteiger partial charge < -0.3 is 14.6 Å². The van der Waals surface area contributed by atoms with E-state index in [-0.39, 0.29) is 18.7 Å². The van der Waals surface area contributed by atoms with Crippen LogP contribution in [0.3, 0.4) is 0 Å². The number of alkyl halides is 3. The van der Waals surface area contributed by atoms with Crippen LogP contribution < -0.4 is 16.4 Å². The molecule has 5 rings (SSSR count). The average Bonchev–Trinajstić information content (AvgIpc) is 3.81. The Morgan fingerprint density at radius 1 is 1.12 bits per heavy atom. The number of aryl methyl sites for hydroxylation is 1. The van der Waals surface area contributed by atoms with E-state index in [2.05, 4.69) is 41.1 Å². The molecule has 14 heteroatoms. The van der Waals surface area contributed by atoms with Gasteiger partial charge in [0.2, 0.25) is 0 Å². The van der Waals surface area contributed by atoms with Crippen molar-refractivity contribution in [3.63, 3.8) is 0 Å². The number of hydrogen-bond acceptors (Lipinski definition) is 7. The van der Waals surface area contributed by atoms with E-state index >= 15 is 4.39 Å². The molecule has 0 spiro atoms. The third kappa shape index (κ3) is 7.85. The minimum atomic E-state index is -4.92. The molecule has 1 atom stereocenters. The van der Waals surface area contributed by atoms with Gasteiger partial charge in [-0.2, -0.15) is 23.5 Å². The number of fused-ring (bicyclic) bond motifs is 1. The second-order valence-electron chi connectivity index (χ2n) is 13.6. The molecule has 3 heterocycles. The lowest BCUT2D eigenvalue weighted by molar-refractivity contribution is -0.138. The van der Waals surface area contributed by atoms with Crippen LogP contribution in [0, 0.1) is 17.1 Å². The summed E-state index contributed by atoms with van der Waals surface area (Å²) in [7, 11) is -1.42. The maximum Gasteiger partial charge on any atom is 0.423 e. The first-order chi connectivity index (χ1) is 22.6. The number of anilines is 1. The molecule has 0 amide bonds. The van der Waals surface area contributed by atoms with Crippen molar-refractivity contribution in [1.82, 2.24) is 19.3 Å². The lowest BCUT2D eigenvalue weighted by Gasteiger charge is -2.20. The van der Waals surface area contributed by atoms with Crippen LogP contribution >= 0.6 is 0 Å². The largest absolute Gasteiger partial charge is 0.423 e. The molecule has 0 radical (unpaired) electrons. The standard InChI is InChI=1S/C34H38F4N6O3Si/c1-22(42-28-19-41-44(21-47-14-15-48(2,3)4)32(46)30(28)34(36,37)38)6-5-12-43-13-9-23-16-24(17-26(35)29(23)31(43)45)27-8-7-25(18-40-27)33(20-39)10-11-33/h7-9,13,16-19,22,42H,5-6,10-12,14-15,21H2,1-4H3. The number of nitrogens with zero attached hydrogens (tertiary/aromatic N) is 5. The molecular formula is C34H38F4N6O3Si. The van der Waals surface area contributed by atoms with Crippen molar-refractivity contribution in [2.75, 3.05) is 11.9 Å². The number of pyridine rings is 2. The molecule has 1 saturated carbocycles. The molecule has 3 aromatic heterocycles. The van der Waals surface area contributed by atoms with Gasteiger partial charge in [-0.25, -0.2) is 9.07 Å². The zero-order valence-electron chi connectivity index (χ0n) is 27.3. The van der Waals surface area contributed by atoms with Gasteiger partial charge in [-0.15, -0.1) is 0 Å². The zero-order chi connectivity index (χ0) is 34.9. The minimum Gasteiger partial charge on any atom is -0.381 e. The van der Waals surface area contributed by atoms with Crippen molar-refractivity contribution in [2.24, 2.45) is 0 Å². The third-order valence-corrected chi connectivity index (χ3v) is 10.3. The summed E-state index contributed by atoms with van der Waals surface area (Å²) in [4.78, 5) is 30.4. The minimum absolute atomic E-state index is 0.0728. The van der Waals surface area contributed by atoms with E-state index in [4.69, 9.17) is 4.74 Å². The number of rotatable bonds is 13. The maximum absolute atomic E-state index is 15.3. The molecule has 1 unspecified atom stereocenters. The first-order valence-corrected chi connectivity index (χ1v) is 19.5. The predicted octanol–water partition coefficient (Wildman–Crippen LogP) is 6.93. The highest BCUT2D eigenvalue weighted by atomic mass is 28.3. The SMILES string of the molecule is CC(CCCn1ccc2cc(-c3ccc(C4(C#N)CC4)cn3)cc(F)c2c1=O)Nc1cnn(COCC[Si](C)(C)C)c(=O)c1C(F)(F)F. The molecule has 9 nitrogen and oxygen atoms in total. The van der Waals surface area contributed by atoms with Crippen LogP contribution in [0.15, 0.2) is 58.5 Å². The molecule has 1 aliphatic rings. The highest BCUT2D eigenvalue weighted by Gasteiger charge is 2.45. The number of halogens is 4. The van der Waals surface area contributed by atoms with Crippen LogP contribution in [-0.2, 0) is 29.6 Å². The van der Waals surface area contributed by atoms with Crippen LogP contribution in [0.4, 0.5) is 23.2 Å². The monoisotopic (exact) mass is 682 g/mol. The van der Waals surface area contributed by atoms with Crippen LogP contribution in [0.1, 0.15) is 43.7 Å². The first kappa shape index (κ1) is 35.0. The lowest BCUT2D eigenvalue weighted by Crippen LogP contribution is -2.34. The van der Waals surface area contributed by atoms with Gasteiger partial charge in [-0.1, -0.05) is 25.7 Å². The van der Waals surface area contributed by atoms with Crippen LogP contribution in [0.5, 0.6) is 0 Å². The molecular weight excluding hydrogens is 644 g/mol. The Morgan fingerprint density at radius 3 is 2.50 bits per heavy atom. The van der Waals surface area contributed by atoms with Gasteiger partial charge in [0.05, 0.1) is 34.4 Å². The molecule has 1 fully saturated rings. The fourth-order valence-electron chi connectivity index (χ4n) is 5.53. The van der Waals surface area contributed by atoms with Crippen molar-refractivity contribution in [3.8, 4) is 17.3 Å². The van der Waals surface area contributed by atoms with Gasteiger partial charge in [0.25, 0.3) is 11.1 Å². The Labute approximate surface area is 276 Å². The number of ether oxygens (including phenoxy) is 1. The second kappa shape index (κ2) is 13.6. The summed E-state index contributed by atoms with van der Waals surface area (Å²) in [5.74, 6) is -0.693. The first-order valence-electron chi connectivity index (χ1n) is 15.8. The summed E-state index contributed by atoms with van der Waals surface area (Å²) in [6.07, 6.45) is 1.58. The number of hydrogen-bond donors (Lipinski definition) is 1. The topological polar surface area (TPSA) is 115 Å². The Bertz CT molecular complexity index is 1960. The molecule has 4 aromatic rings.